The van der Waals surface area contributed by atoms with Crippen LogP contribution in [0.25, 0.3) is 6.08 Å². The lowest BCUT2D eigenvalue weighted by Crippen LogP contribution is -1.94. The van der Waals surface area contributed by atoms with E-state index in [1.165, 1.54) is 18.9 Å². The average Bonchev–Trinajstić information content (AvgIpc) is 2.42. The first-order valence-electron chi connectivity index (χ1n) is 4.45. The van der Waals surface area contributed by atoms with E-state index in [0.29, 0.717) is 0 Å². The molecule has 0 aromatic carbocycles. The highest BCUT2D eigenvalue weighted by molar-refractivity contribution is 5.87. The molecule has 0 fully saturated rings. The van der Waals surface area contributed by atoms with E-state index in [-0.39, 0.29) is 5.97 Å². The summed E-state index contributed by atoms with van der Waals surface area (Å²) < 4.78 is 6.60. The van der Waals surface area contributed by atoms with Gasteiger partial charge in [0.2, 0.25) is 0 Å². The van der Waals surface area contributed by atoms with Crippen LogP contribution >= 0.6 is 0 Å². The molecule has 0 atom stereocenters. The molecule has 0 aliphatic rings. The van der Waals surface area contributed by atoms with Gasteiger partial charge in [0, 0.05) is 24.5 Å². The van der Waals surface area contributed by atoms with Crippen LogP contribution in [0.5, 0.6) is 0 Å². The molecule has 0 N–H and O–H groups in total. The third-order valence-electron chi connectivity index (χ3n) is 2.41. The van der Waals surface area contributed by atoms with E-state index in [9.17, 15) is 4.79 Å². The van der Waals surface area contributed by atoms with Crippen LogP contribution in [0, 0.1) is 13.8 Å². The van der Waals surface area contributed by atoms with Crippen LogP contribution < -0.4 is 0 Å². The number of aromatic nitrogens is 1. The summed E-state index contributed by atoms with van der Waals surface area (Å²) in [4.78, 5) is 10.9. The molecule has 0 bridgehead atoms. The van der Waals surface area contributed by atoms with Crippen molar-refractivity contribution < 1.29 is 9.53 Å². The Balaban J connectivity index is 2.92. The number of methoxy groups -OCH3 is 1. The molecule has 3 heteroatoms. The highest BCUT2D eigenvalue weighted by Gasteiger charge is 2.02. The molecule has 14 heavy (non-hydrogen) atoms. The topological polar surface area (TPSA) is 31.2 Å². The van der Waals surface area contributed by atoms with Crippen molar-refractivity contribution in [1.29, 1.82) is 0 Å². The van der Waals surface area contributed by atoms with Crippen LogP contribution in [0.15, 0.2) is 12.1 Å². The summed E-state index contributed by atoms with van der Waals surface area (Å²) in [5, 5.41) is 0. The van der Waals surface area contributed by atoms with Gasteiger partial charge in [-0.05, 0) is 31.6 Å². The van der Waals surface area contributed by atoms with Crippen molar-refractivity contribution in [3.05, 3.63) is 29.1 Å². The fourth-order valence-electron chi connectivity index (χ4n) is 1.28. The molecule has 1 aromatic rings. The lowest BCUT2D eigenvalue weighted by Gasteiger charge is -1.98. The molecule has 0 saturated carbocycles. The van der Waals surface area contributed by atoms with E-state index in [4.69, 9.17) is 0 Å². The minimum absolute atomic E-state index is 0.328. The van der Waals surface area contributed by atoms with Gasteiger partial charge in [-0.3, -0.25) is 0 Å². The first-order chi connectivity index (χ1) is 6.56. The van der Waals surface area contributed by atoms with Crippen molar-refractivity contribution in [2.75, 3.05) is 7.11 Å². The molecule has 0 saturated heterocycles. The third-order valence-corrected chi connectivity index (χ3v) is 2.41. The molecule has 0 unspecified atom stereocenters. The van der Waals surface area contributed by atoms with E-state index in [0.717, 1.165) is 11.3 Å². The summed E-state index contributed by atoms with van der Waals surface area (Å²) in [6.45, 7) is 4.05. The Morgan fingerprint density at radius 2 is 2.14 bits per heavy atom. The minimum atomic E-state index is -0.328. The smallest absolute Gasteiger partial charge is 0.330 e. The number of rotatable bonds is 2. The lowest BCUT2D eigenvalue weighted by molar-refractivity contribution is -0.134. The van der Waals surface area contributed by atoms with Crippen molar-refractivity contribution in [3.8, 4) is 0 Å². The van der Waals surface area contributed by atoms with Crippen molar-refractivity contribution in [1.82, 2.24) is 4.57 Å². The zero-order valence-corrected chi connectivity index (χ0v) is 9.00. The van der Waals surface area contributed by atoms with Crippen LogP contribution in [0.1, 0.15) is 17.0 Å². The maximum atomic E-state index is 10.9. The Bertz CT molecular complexity index is 375. The van der Waals surface area contributed by atoms with Gasteiger partial charge < -0.3 is 9.30 Å². The molecule has 0 amide bonds. The first kappa shape index (κ1) is 10.6. The summed E-state index contributed by atoms with van der Waals surface area (Å²) in [7, 11) is 3.37. The molecular formula is C11H15NO2. The lowest BCUT2D eigenvalue weighted by atomic mass is 10.2. The summed E-state index contributed by atoms with van der Waals surface area (Å²) in [5.41, 5.74) is 3.37. The molecule has 1 heterocycles. The first-order valence-corrected chi connectivity index (χ1v) is 4.45. The largest absolute Gasteiger partial charge is 0.466 e. The van der Waals surface area contributed by atoms with Crippen molar-refractivity contribution >= 4 is 12.0 Å². The molecule has 0 spiro atoms. The number of carbonyl (C=O) groups excluding carboxylic acids is 1. The number of hydrogen-bond acceptors (Lipinski definition) is 2. The van der Waals surface area contributed by atoms with E-state index in [2.05, 4.69) is 9.30 Å². The summed E-state index contributed by atoms with van der Waals surface area (Å²) in [6, 6.07) is 2.04. The quantitative estimate of drug-likeness (QED) is 0.530. The Morgan fingerprint density at radius 3 is 2.57 bits per heavy atom. The van der Waals surface area contributed by atoms with Gasteiger partial charge in [0.15, 0.2) is 0 Å². The normalized spacial score (nSPS) is 10.9. The summed E-state index contributed by atoms with van der Waals surface area (Å²) in [5.74, 6) is -0.328. The highest BCUT2D eigenvalue weighted by atomic mass is 16.5. The second kappa shape index (κ2) is 4.13. The van der Waals surface area contributed by atoms with Gasteiger partial charge in [-0.2, -0.15) is 0 Å². The van der Waals surface area contributed by atoms with E-state index < -0.39 is 0 Å². The van der Waals surface area contributed by atoms with E-state index in [1.54, 1.807) is 6.08 Å². The molecular weight excluding hydrogens is 178 g/mol. The Morgan fingerprint density at radius 1 is 1.50 bits per heavy atom. The fourth-order valence-corrected chi connectivity index (χ4v) is 1.28. The average molecular weight is 193 g/mol. The molecule has 0 aliphatic heterocycles. The highest BCUT2D eigenvalue weighted by Crippen LogP contribution is 2.14. The minimum Gasteiger partial charge on any atom is -0.466 e. The second-order valence-electron chi connectivity index (χ2n) is 3.24. The van der Waals surface area contributed by atoms with Gasteiger partial charge in [-0.1, -0.05) is 0 Å². The van der Waals surface area contributed by atoms with Crippen molar-refractivity contribution in [3.63, 3.8) is 0 Å². The third kappa shape index (κ3) is 2.05. The number of nitrogens with zero attached hydrogens (tertiary/aromatic N) is 1. The fraction of sp³-hybridized carbons (Fsp3) is 0.364. The molecule has 0 radical (unpaired) electrons. The number of ether oxygens (including phenoxy) is 1. The number of esters is 1. The summed E-state index contributed by atoms with van der Waals surface area (Å²) >= 11 is 0. The molecule has 76 valence electrons. The van der Waals surface area contributed by atoms with Gasteiger partial charge in [0.05, 0.1) is 7.11 Å². The zero-order chi connectivity index (χ0) is 10.7. The van der Waals surface area contributed by atoms with Gasteiger partial charge >= 0.3 is 5.97 Å². The maximum Gasteiger partial charge on any atom is 0.330 e. The van der Waals surface area contributed by atoms with Gasteiger partial charge in [0.1, 0.15) is 0 Å². The van der Waals surface area contributed by atoms with Crippen LogP contribution in [0.4, 0.5) is 0 Å². The zero-order valence-electron chi connectivity index (χ0n) is 9.00. The Labute approximate surface area is 84.0 Å². The predicted molar refractivity (Wildman–Crippen MR) is 55.9 cm³/mol. The van der Waals surface area contributed by atoms with E-state index in [1.807, 2.05) is 27.0 Å². The standard InChI is InChI=1S/C11H15NO2/c1-8-7-10(9(2)12(8)3)5-6-11(13)14-4/h5-7H,1-4H3/b6-5+. The molecule has 0 aliphatic carbocycles. The second-order valence-corrected chi connectivity index (χ2v) is 3.24. The van der Waals surface area contributed by atoms with Crippen LogP contribution in [-0.2, 0) is 16.6 Å². The predicted octanol–water partition coefficient (Wildman–Crippen LogP) is 1.83. The molecule has 3 nitrogen and oxygen atoms in total. The summed E-state index contributed by atoms with van der Waals surface area (Å²) in [6.07, 6.45) is 3.20. The van der Waals surface area contributed by atoms with Crippen molar-refractivity contribution in [2.24, 2.45) is 7.05 Å². The van der Waals surface area contributed by atoms with Gasteiger partial charge in [-0.25, -0.2) is 4.79 Å². The van der Waals surface area contributed by atoms with E-state index >= 15 is 0 Å². The maximum absolute atomic E-state index is 10.9. The Hall–Kier alpha value is -1.51. The van der Waals surface area contributed by atoms with Crippen LogP contribution in [0.2, 0.25) is 0 Å². The molecule has 1 aromatic heterocycles. The van der Waals surface area contributed by atoms with Crippen LogP contribution in [0.3, 0.4) is 0 Å². The van der Waals surface area contributed by atoms with Crippen LogP contribution in [-0.4, -0.2) is 17.6 Å². The SMILES string of the molecule is COC(=O)/C=C/c1cc(C)n(C)c1C. The van der Waals surface area contributed by atoms with Gasteiger partial charge in [-0.15, -0.1) is 0 Å². The Kier molecular flexibility index (Phi) is 3.12. The van der Waals surface area contributed by atoms with Crippen molar-refractivity contribution in [2.45, 2.75) is 13.8 Å². The molecule has 1 rings (SSSR count). The number of hydrogen-bond donors (Lipinski definition) is 0. The van der Waals surface area contributed by atoms with Gasteiger partial charge in [0.25, 0.3) is 0 Å². The number of aryl methyl sites for hydroxylation is 1. The monoisotopic (exact) mass is 193 g/mol. The number of carbonyl (C=O) groups is 1.